The van der Waals surface area contributed by atoms with Crippen LogP contribution in [0.25, 0.3) is 21.3 Å². The van der Waals surface area contributed by atoms with Crippen molar-refractivity contribution in [1.82, 2.24) is 19.9 Å². The number of pyridine rings is 2. The predicted octanol–water partition coefficient (Wildman–Crippen LogP) is 5.23. The topological polar surface area (TPSA) is 109 Å². The number of halogens is 3. The van der Waals surface area contributed by atoms with Gasteiger partial charge < -0.3 is 24.7 Å². The Kier molecular flexibility index (Phi) is 6.91. The lowest BCUT2D eigenvalue weighted by molar-refractivity contribution is -0.166. The van der Waals surface area contributed by atoms with Gasteiger partial charge in [0.05, 0.1) is 16.0 Å². The normalized spacial score (nSPS) is 12.4. The van der Waals surface area contributed by atoms with E-state index in [2.05, 4.69) is 15.3 Å². The molecule has 0 aliphatic carbocycles. The van der Waals surface area contributed by atoms with Gasteiger partial charge in [-0.05, 0) is 46.8 Å². The summed E-state index contributed by atoms with van der Waals surface area (Å²) >= 11 is 0.666. The van der Waals surface area contributed by atoms with Gasteiger partial charge >= 0.3 is 5.92 Å². The van der Waals surface area contributed by atoms with Gasteiger partial charge in [-0.2, -0.15) is 8.78 Å². The lowest BCUT2D eigenvalue weighted by atomic mass is 9.99. The lowest BCUT2D eigenvalue weighted by Gasteiger charge is -2.27. The molecule has 0 unspecified atom stereocenters. The number of nitrogens with zero attached hydrogens (tertiary/aromatic N) is 2. The van der Waals surface area contributed by atoms with Crippen molar-refractivity contribution in [1.29, 1.82) is 0 Å². The zero-order chi connectivity index (χ0) is 28.2. The Balaban J connectivity index is 1.97. The van der Waals surface area contributed by atoms with Gasteiger partial charge in [-0.15, -0.1) is 11.3 Å². The number of alkyl halides is 2. The molecule has 0 bridgehead atoms. The van der Waals surface area contributed by atoms with Gasteiger partial charge in [0.25, 0.3) is 11.5 Å². The zero-order valence-corrected chi connectivity index (χ0v) is 22.4. The first-order valence-electron chi connectivity index (χ1n) is 11.7. The highest BCUT2D eigenvalue weighted by Gasteiger charge is 2.49. The summed E-state index contributed by atoms with van der Waals surface area (Å²) in [5.74, 6) is -4.73. The Labute approximate surface area is 220 Å². The highest BCUT2D eigenvalue weighted by Crippen LogP contribution is 2.50. The van der Waals surface area contributed by atoms with Crippen LogP contribution in [0, 0.1) is 12.7 Å². The number of aryl methyl sites for hydroxylation is 2. The summed E-state index contributed by atoms with van der Waals surface area (Å²) in [6, 6.07) is 3.60. The van der Waals surface area contributed by atoms with Crippen molar-refractivity contribution in [2.24, 2.45) is 7.05 Å². The summed E-state index contributed by atoms with van der Waals surface area (Å²) in [5, 5.41) is 13.2. The van der Waals surface area contributed by atoms with Crippen molar-refractivity contribution in [2.45, 2.75) is 52.2 Å². The number of aromatic amines is 1. The molecule has 4 aromatic heterocycles. The van der Waals surface area contributed by atoms with Crippen molar-refractivity contribution in [3.63, 3.8) is 0 Å². The number of aromatic nitrogens is 3. The van der Waals surface area contributed by atoms with Crippen LogP contribution in [0.1, 0.15) is 48.6 Å². The van der Waals surface area contributed by atoms with Crippen molar-refractivity contribution in [3.8, 4) is 22.1 Å². The number of rotatable bonds is 7. The average Bonchev–Trinajstić information content (AvgIpc) is 3.43. The van der Waals surface area contributed by atoms with E-state index in [1.807, 2.05) is 0 Å². The molecule has 0 aliphatic heterocycles. The summed E-state index contributed by atoms with van der Waals surface area (Å²) in [7, 11) is 1.49. The van der Waals surface area contributed by atoms with Crippen LogP contribution in [0.4, 0.5) is 13.2 Å². The molecular formula is C26H27F3N4O4S. The zero-order valence-electron chi connectivity index (χ0n) is 21.6. The van der Waals surface area contributed by atoms with E-state index >= 15 is 8.78 Å². The molecule has 4 aromatic rings. The third-order valence-electron chi connectivity index (χ3n) is 5.85. The van der Waals surface area contributed by atoms with Gasteiger partial charge in [0, 0.05) is 41.9 Å². The van der Waals surface area contributed by atoms with Gasteiger partial charge in [0.1, 0.15) is 28.4 Å². The van der Waals surface area contributed by atoms with Crippen molar-refractivity contribution < 1.29 is 27.8 Å². The molecule has 1 amide bonds. The number of carbonyl (C=O) groups is 1. The number of nitrogens with one attached hydrogen (secondary N) is 2. The quantitative estimate of drug-likeness (QED) is 0.293. The maximum atomic E-state index is 15.3. The number of carbonyl (C=O) groups excluding carboxylic acids is 1. The SMILES string of the molecule is Cc1cc(F)cnc1Oc1cc(C(F)(F)C(C)(C)O)sc1-c1cn(C)c(=O)c2[nH]c(C(=O)NC(C)C)cc12. The van der Waals surface area contributed by atoms with E-state index in [0.717, 1.165) is 26.1 Å². The minimum atomic E-state index is -3.67. The van der Waals surface area contributed by atoms with Crippen LogP contribution in [0.5, 0.6) is 11.6 Å². The Hall–Kier alpha value is -3.64. The summed E-state index contributed by atoms with van der Waals surface area (Å²) in [6.07, 6.45) is 2.40. The van der Waals surface area contributed by atoms with Crippen LogP contribution in [0.2, 0.25) is 0 Å². The van der Waals surface area contributed by atoms with Crippen molar-refractivity contribution in [2.75, 3.05) is 0 Å². The minimum Gasteiger partial charge on any atom is -0.437 e. The van der Waals surface area contributed by atoms with E-state index in [1.54, 1.807) is 20.8 Å². The van der Waals surface area contributed by atoms with E-state index in [9.17, 15) is 19.1 Å². The molecule has 0 radical (unpaired) electrons. The Morgan fingerprint density at radius 2 is 1.95 bits per heavy atom. The third-order valence-corrected chi connectivity index (χ3v) is 7.07. The highest BCUT2D eigenvalue weighted by atomic mass is 32.1. The molecule has 4 heterocycles. The highest BCUT2D eigenvalue weighted by molar-refractivity contribution is 7.16. The summed E-state index contributed by atoms with van der Waals surface area (Å²) in [6.45, 7) is 7.12. The smallest absolute Gasteiger partial charge is 0.309 e. The first-order valence-corrected chi connectivity index (χ1v) is 12.5. The van der Waals surface area contributed by atoms with Gasteiger partial charge in [-0.25, -0.2) is 9.37 Å². The lowest BCUT2D eigenvalue weighted by Crippen LogP contribution is -2.39. The van der Waals surface area contributed by atoms with Crippen molar-refractivity contribution >= 4 is 28.1 Å². The van der Waals surface area contributed by atoms with E-state index in [-0.39, 0.29) is 33.8 Å². The molecule has 12 heteroatoms. The van der Waals surface area contributed by atoms with Crippen LogP contribution < -0.4 is 15.6 Å². The Morgan fingerprint density at radius 1 is 1.26 bits per heavy atom. The second-order valence-corrected chi connectivity index (χ2v) is 10.9. The average molecular weight is 549 g/mol. The number of amides is 1. The maximum Gasteiger partial charge on any atom is 0.309 e. The predicted molar refractivity (Wildman–Crippen MR) is 139 cm³/mol. The first-order chi connectivity index (χ1) is 17.6. The molecule has 8 nitrogen and oxygen atoms in total. The van der Waals surface area contributed by atoms with Crippen LogP contribution in [-0.4, -0.2) is 37.2 Å². The molecule has 4 rings (SSSR count). The number of fused-ring (bicyclic) bond motifs is 1. The fourth-order valence-electron chi connectivity index (χ4n) is 3.81. The molecule has 0 saturated carbocycles. The number of H-pyrrole nitrogens is 1. The molecule has 0 aromatic carbocycles. The molecule has 38 heavy (non-hydrogen) atoms. The molecule has 0 aliphatic rings. The second-order valence-electron chi connectivity index (χ2n) is 9.87. The summed E-state index contributed by atoms with van der Waals surface area (Å²) in [4.78, 5) is 32.0. The molecule has 3 N–H and O–H groups in total. The summed E-state index contributed by atoms with van der Waals surface area (Å²) < 4.78 is 51.3. The van der Waals surface area contributed by atoms with Crippen LogP contribution in [0.15, 0.2) is 35.4 Å². The second kappa shape index (κ2) is 9.59. The van der Waals surface area contributed by atoms with Gasteiger partial charge in [-0.1, -0.05) is 0 Å². The number of hydrogen-bond acceptors (Lipinski definition) is 6. The molecule has 202 valence electrons. The summed E-state index contributed by atoms with van der Waals surface area (Å²) in [5.41, 5.74) is -1.94. The van der Waals surface area contributed by atoms with Crippen molar-refractivity contribution in [3.05, 3.63) is 62.9 Å². The largest absolute Gasteiger partial charge is 0.437 e. The number of aliphatic hydroxyl groups is 1. The standard InChI is InChI=1S/C26H27F3N4O4S/c1-12(2)31-22(34)17-8-15-16(11-33(6)24(35)20(15)32-17)21-18(37-23-13(3)7-14(27)10-30-23)9-19(38-21)26(28,29)25(4,5)36/h7-12,32,36H,1-6H3,(H,31,34). The molecular weight excluding hydrogens is 521 g/mol. The van der Waals surface area contributed by atoms with E-state index in [0.29, 0.717) is 27.8 Å². The number of hydrogen-bond donors (Lipinski definition) is 3. The monoisotopic (exact) mass is 548 g/mol. The van der Waals surface area contributed by atoms with Crippen LogP contribution in [0.3, 0.4) is 0 Å². The maximum absolute atomic E-state index is 15.3. The Morgan fingerprint density at radius 3 is 2.55 bits per heavy atom. The molecule has 0 saturated heterocycles. The van der Waals surface area contributed by atoms with Crippen LogP contribution in [-0.2, 0) is 13.0 Å². The third kappa shape index (κ3) is 4.93. The fraction of sp³-hybridized carbons (Fsp3) is 0.346. The Bertz CT molecular complexity index is 1600. The van der Waals surface area contributed by atoms with E-state index < -0.39 is 33.7 Å². The first kappa shape index (κ1) is 27.4. The number of thiophene rings is 1. The van der Waals surface area contributed by atoms with E-state index in [4.69, 9.17) is 4.74 Å². The van der Waals surface area contributed by atoms with E-state index in [1.165, 1.54) is 29.9 Å². The van der Waals surface area contributed by atoms with Gasteiger partial charge in [0.2, 0.25) is 5.88 Å². The van der Waals surface area contributed by atoms with Gasteiger partial charge in [-0.3, -0.25) is 9.59 Å². The molecule has 0 spiro atoms. The number of ether oxygens (including phenoxy) is 1. The molecule has 0 fully saturated rings. The fourth-order valence-corrected chi connectivity index (χ4v) is 5.05. The minimum absolute atomic E-state index is 0.00397. The van der Waals surface area contributed by atoms with Crippen LogP contribution >= 0.6 is 11.3 Å². The van der Waals surface area contributed by atoms with Gasteiger partial charge in [0.15, 0.2) is 0 Å². The molecule has 0 atom stereocenters.